The SMILES string of the molecule is CCCCC/C=C\C/C=C\CCCCCCCCOCC(CN1CCSCC1)OCCOCCO[C@H]1CC[C@@]2(C)C(=CCC3C2CC[C@@]2(C)C3CC[C@@H]2[C@H](C)CCCC(C)C)C1. The number of hydrogen-bond acceptors (Lipinski definition) is 6. The van der Waals surface area contributed by atoms with E-state index in [1.807, 2.05) is 0 Å². The summed E-state index contributed by atoms with van der Waals surface area (Å²) in [5, 5.41) is 0. The van der Waals surface area contributed by atoms with Crippen LogP contribution >= 0.6 is 11.8 Å². The van der Waals surface area contributed by atoms with Gasteiger partial charge < -0.3 is 18.9 Å². The lowest BCUT2D eigenvalue weighted by molar-refractivity contribution is -0.0733. The minimum atomic E-state index is 0.110. The first-order valence-electron chi connectivity index (χ1n) is 26.9. The molecule has 6 heteroatoms. The molecule has 4 fully saturated rings. The van der Waals surface area contributed by atoms with Crippen LogP contribution in [-0.4, -0.2) is 87.9 Å². The van der Waals surface area contributed by atoms with Gasteiger partial charge in [-0.3, -0.25) is 4.90 Å². The molecule has 358 valence electrons. The molecule has 0 bridgehead atoms. The Hall–Kier alpha value is -0.630. The molecule has 3 saturated carbocycles. The van der Waals surface area contributed by atoms with Crippen molar-refractivity contribution in [2.24, 2.45) is 46.3 Å². The fourth-order valence-electron chi connectivity index (χ4n) is 13.1. The molecular weight excluding hydrogens is 783 g/mol. The average molecular weight is 882 g/mol. The summed E-state index contributed by atoms with van der Waals surface area (Å²) >= 11 is 2.07. The minimum absolute atomic E-state index is 0.110. The zero-order chi connectivity index (χ0) is 43.9. The third kappa shape index (κ3) is 16.9. The van der Waals surface area contributed by atoms with Crippen molar-refractivity contribution in [2.45, 2.75) is 201 Å². The van der Waals surface area contributed by atoms with Crippen molar-refractivity contribution in [1.29, 1.82) is 0 Å². The van der Waals surface area contributed by atoms with Crippen LogP contribution < -0.4 is 0 Å². The first-order chi connectivity index (χ1) is 30.2. The number of thioether (sulfide) groups is 1. The van der Waals surface area contributed by atoms with Gasteiger partial charge >= 0.3 is 0 Å². The van der Waals surface area contributed by atoms with Gasteiger partial charge in [-0.2, -0.15) is 11.8 Å². The van der Waals surface area contributed by atoms with Crippen LogP contribution in [0, 0.1) is 46.3 Å². The van der Waals surface area contributed by atoms with Crippen LogP contribution in [-0.2, 0) is 18.9 Å². The van der Waals surface area contributed by atoms with Crippen LogP contribution in [0.25, 0.3) is 0 Å². The van der Waals surface area contributed by atoms with Crippen LogP contribution in [0.1, 0.15) is 189 Å². The van der Waals surface area contributed by atoms with E-state index in [2.05, 4.69) is 88.6 Å². The lowest BCUT2D eigenvalue weighted by atomic mass is 9.47. The van der Waals surface area contributed by atoms with Crippen molar-refractivity contribution in [3.8, 4) is 0 Å². The minimum Gasteiger partial charge on any atom is -0.379 e. The Morgan fingerprint density at radius 2 is 1.48 bits per heavy atom. The molecule has 1 aliphatic heterocycles. The maximum atomic E-state index is 6.52. The largest absolute Gasteiger partial charge is 0.379 e. The summed E-state index contributed by atoms with van der Waals surface area (Å²) in [7, 11) is 0. The predicted octanol–water partition coefficient (Wildman–Crippen LogP) is 14.7. The summed E-state index contributed by atoms with van der Waals surface area (Å²) in [4.78, 5) is 2.56. The second-order valence-electron chi connectivity index (χ2n) is 21.7. The second kappa shape index (κ2) is 29.2. The lowest BCUT2D eigenvalue weighted by Gasteiger charge is -2.58. The van der Waals surface area contributed by atoms with Crippen molar-refractivity contribution in [2.75, 3.05) is 70.8 Å². The highest BCUT2D eigenvalue weighted by molar-refractivity contribution is 7.99. The van der Waals surface area contributed by atoms with Gasteiger partial charge in [0.15, 0.2) is 0 Å². The van der Waals surface area contributed by atoms with Crippen molar-refractivity contribution >= 4 is 11.8 Å². The first kappa shape index (κ1) is 52.3. The van der Waals surface area contributed by atoms with E-state index in [-0.39, 0.29) is 6.10 Å². The molecule has 0 aromatic carbocycles. The van der Waals surface area contributed by atoms with Gasteiger partial charge in [0, 0.05) is 37.7 Å². The first-order valence-corrected chi connectivity index (χ1v) is 28.1. The summed E-state index contributed by atoms with van der Waals surface area (Å²) < 4.78 is 25.2. The molecule has 0 aromatic rings. The Morgan fingerprint density at radius 3 is 2.26 bits per heavy atom. The summed E-state index contributed by atoms with van der Waals surface area (Å²) in [6.07, 6.45) is 42.9. The summed E-state index contributed by atoms with van der Waals surface area (Å²) in [6, 6.07) is 0. The van der Waals surface area contributed by atoms with Crippen LogP contribution in [0.4, 0.5) is 0 Å². The second-order valence-corrected chi connectivity index (χ2v) is 22.9. The van der Waals surface area contributed by atoms with E-state index >= 15 is 0 Å². The quantitative estimate of drug-likeness (QED) is 0.0495. The van der Waals surface area contributed by atoms with Gasteiger partial charge in [0.05, 0.1) is 45.2 Å². The number of nitrogens with zero attached hydrogens (tertiary/aromatic N) is 1. The van der Waals surface area contributed by atoms with Gasteiger partial charge in [-0.15, -0.1) is 0 Å². The highest BCUT2D eigenvalue weighted by Crippen LogP contribution is 2.67. The number of fused-ring (bicyclic) bond motifs is 5. The summed E-state index contributed by atoms with van der Waals surface area (Å²) in [5.41, 5.74) is 2.68. The third-order valence-corrected chi connectivity index (χ3v) is 17.7. The number of allylic oxidation sites excluding steroid dienone is 5. The molecule has 1 saturated heterocycles. The lowest BCUT2D eigenvalue weighted by Crippen LogP contribution is -2.51. The molecular formula is C56H99NO4S. The molecule has 0 spiro atoms. The predicted molar refractivity (Wildman–Crippen MR) is 267 cm³/mol. The monoisotopic (exact) mass is 882 g/mol. The van der Waals surface area contributed by atoms with E-state index in [1.54, 1.807) is 5.57 Å². The van der Waals surface area contributed by atoms with Crippen LogP contribution in [0.2, 0.25) is 0 Å². The number of hydrogen-bond donors (Lipinski definition) is 0. The fourth-order valence-corrected chi connectivity index (χ4v) is 14.1. The molecule has 4 aliphatic carbocycles. The number of unbranched alkanes of at least 4 members (excludes halogenated alkanes) is 9. The molecule has 5 nitrogen and oxygen atoms in total. The standard InChI is InChI=1S/C56H99NO4S/c1-7-8-9-10-11-12-13-14-15-16-17-18-19-20-21-22-36-59-45-50(44-57-34-41-62-42-35-57)61-40-38-58-37-39-60-49-30-32-55(5)48(43-49)26-27-51-53-29-28-52(47(4)25-23-24-46(2)3)56(53,6)33-31-54(51)55/h11-12,14-15,26,46-47,49-54H,7-10,13,16-25,27-45H2,1-6H3/b12-11-,15-14-/t47-,49+,50?,51?,52-,53?,54?,55+,56-/m1/s1. The average Bonchev–Trinajstić information content (AvgIpc) is 3.63. The van der Waals surface area contributed by atoms with Crippen LogP contribution in [0.3, 0.4) is 0 Å². The molecule has 4 unspecified atom stereocenters. The normalized spacial score (nSPS) is 30.2. The molecule has 0 N–H and O–H groups in total. The molecule has 0 radical (unpaired) electrons. The van der Waals surface area contributed by atoms with Crippen molar-refractivity contribution < 1.29 is 18.9 Å². The van der Waals surface area contributed by atoms with Crippen molar-refractivity contribution in [1.82, 2.24) is 4.90 Å². The Balaban J connectivity index is 0.912. The van der Waals surface area contributed by atoms with E-state index in [0.29, 0.717) is 50.0 Å². The van der Waals surface area contributed by atoms with E-state index in [0.717, 1.165) is 81.0 Å². The maximum absolute atomic E-state index is 6.52. The van der Waals surface area contributed by atoms with Crippen LogP contribution in [0.5, 0.6) is 0 Å². The van der Waals surface area contributed by atoms with Gasteiger partial charge in [0.25, 0.3) is 0 Å². The van der Waals surface area contributed by atoms with Gasteiger partial charge in [0.1, 0.15) is 0 Å². The van der Waals surface area contributed by atoms with Gasteiger partial charge in [-0.05, 0) is 136 Å². The maximum Gasteiger partial charge on any atom is 0.0936 e. The molecule has 1 heterocycles. The molecule has 9 atom stereocenters. The highest BCUT2D eigenvalue weighted by atomic mass is 32.2. The summed E-state index contributed by atoms with van der Waals surface area (Å²) in [6.45, 7) is 22.4. The Kier molecular flexibility index (Phi) is 24.6. The fraction of sp³-hybridized carbons (Fsp3) is 0.893. The molecule has 5 rings (SSSR count). The zero-order valence-electron chi connectivity index (χ0n) is 41.5. The Morgan fingerprint density at radius 1 is 0.742 bits per heavy atom. The topological polar surface area (TPSA) is 40.2 Å². The molecule has 5 aliphatic rings. The Labute approximate surface area is 388 Å². The molecule has 62 heavy (non-hydrogen) atoms. The van der Waals surface area contributed by atoms with E-state index in [9.17, 15) is 0 Å². The van der Waals surface area contributed by atoms with Crippen molar-refractivity contribution in [3.05, 3.63) is 36.0 Å². The number of ether oxygens (including phenoxy) is 4. The zero-order valence-corrected chi connectivity index (χ0v) is 42.4. The van der Waals surface area contributed by atoms with Crippen molar-refractivity contribution in [3.63, 3.8) is 0 Å². The van der Waals surface area contributed by atoms with Gasteiger partial charge in [0.2, 0.25) is 0 Å². The third-order valence-electron chi connectivity index (χ3n) is 16.8. The smallest absolute Gasteiger partial charge is 0.0936 e. The van der Waals surface area contributed by atoms with Gasteiger partial charge in [-0.25, -0.2) is 0 Å². The van der Waals surface area contributed by atoms with E-state index in [1.165, 1.54) is 140 Å². The highest BCUT2D eigenvalue weighted by Gasteiger charge is 2.59. The Bertz CT molecular complexity index is 1280. The van der Waals surface area contributed by atoms with Crippen LogP contribution in [0.15, 0.2) is 36.0 Å². The summed E-state index contributed by atoms with van der Waals surface area (Å²) in [5.74, 6) is 7.81. The molecule has 0 amide bonds. The van der Waals surface area contributed by atoms with E-state index in [4.69, 9.17) is 18.9 Å². The number of rotatable bonds is 32. The van der Waals surface area contributed by atoms with E-state index < -0.39 is 0 Å². The molecule has 0 aromatic heterocycles. The van der Waals surface area contributed by atoms with Gasteiger partial charge in [-0.1, -0.05) is 135 Å².